The van der Waals surface area contributed by atoms with Crippen molar-refractivity contribution in [3.8, 4) is 0 Å². The summed E-state index contributed by atoms with van der Waals surface area (Å²) in [4.78, 5) is 24.4. The predicted molar refractivity (Wildman–Crippen MR) is 105 cm³/mol. The molecular formula is C20H24N2O6S. The molecule has 1 N–H and O–H groups in total. The third kappa shape index (κ3) is 4.51. The van der Waals surface area contributed by atoms with Gasteiger partial charge in [0.2, 0.25) is 15.9 Å². The number of rotatable bonds is 6. The van der Waals surface area contributed by atoms with Crippen molar-refractivity contribution < 1.29 is 27.2 Å². The van der Waals surface area contributed by atoms with Crippen molar-refractivity contribution in [2.75, 3.05) is 20.2 Å². The number of sulfonamides is 1. The molecule has 1 aromatic heterocycles. The molecule has 9 heteroatoms. The molecule has 2 heterocycles. The van der Waals surface area contributed by atoms with Crippen molar-refractivity contribution in [2.45, 2.75) is 30.7 Å². The van der Waals surface area contributed by atoms with E-state index in [1.54, 1.807) is 30.5 Å². The Morgan fingerprint density at radius 1 is 1.17 bits per heavy atom. The Morgan fingerprint density at radius 3 is 2.48 bits per heavy atom. The van der Waals surface area contributed by atoms with Gasteiger partial charge in [0.25, 0.3) is 0 Å². The smallest absolute Gasteiger partial charge is 0.339 e. The van der Waals surface area contributed by atoms with Gasteiger partial charge in [0.15, 0.2) is 0 Å². The van der Waals surface area contributed by atoms with Gasteiger partial charge in [0.05, 0.1) is 29.9 Å². The van der Waals surface area contributed by atoms with Gasteiger partial charge in [-0.3, -0.25) is 4.79 Å². The van der Waals surface area contributed by atoms with Gasteiger partial charge in [-0.15, -0.1) is 0 Å². The normalized spacial score (nSPS) is 16.9. The molecule has 1 atom stereocenters. The number of furan rings is 1. The van der Waals surface area contributed by atoms with Gasteiger partial charge in [-0.05, 0) is 44.0 Å². The van der Waals surface area contributed by atoms with E-state index in [4.69, 9.17) is 9.15 Å². The van der Waals surface area contributed by atoms with Crippen LogP contribution in [0.15, 0.2) is 52.0 Å². The number of methoxy groups -OCH3 is 1. The number of carbonyl (C=O) groups is 2. The van der Waals surface area contributed by atoms with Crippen LogP contribution >= 0.6 is 0 Å². The molecule has 29 heavy (non-hydrogen) atoms. The summed E-state index contributed by atoms with van der Waals surface area (Å²) in [6.45, 7) is 2.23. The van der Waals surface area contributed by atoms with E-state index in [-0.39, 0.29) is 41.4 Å². The first-order chi connectivity index (χ1) is 13.8. The molecule has 1 aliphatic rings. The average molecular weight is 420 g/mol. The van der Waals surface area contributed by atoms with Gasteiger partial charge in [0.1, 0.15) is 5.76 Å². The number of carbonyl (C=O) groups excluding carboxylic acids is 2. The van der Waals surface area contributed by atoms with Crippen LogP contribution < -0.4 is 5.32 Å². The highest BCUT2D eigenvalue weighted by Crippen LogP contribution is 2.27. The monoisotopic (exact) mass is 420 g/mol. The van der Waals surface area contributed by atoms with E-state index in [0.29, 0.717) is 18.6 Å². The van der Waals surface area contributed by atoms with Crippen molar-refractivity contribution in [1.29, 1.82) is 0 Å². The summed E-state index contributed by atoms with van der Waals surface area (Å²) in [7, 11) is -2.66. The standard InChI is InChI=1S/C20H24N2O6S/c1-14(17-7-5-13-28-17)21-19(23)15-9-11-22(12-10-15)29(25,26)18-8-4-3-6-16(18)20(24)27-2/h3-8,13-15H,9-12H2,1-2H3,(H,21,23)/t14-/m1/s1. The Hall–Kier alpha value is -2.65. The number of esters is 1. The largest absolute Gasteiger partial charge is 0.467 e. The summed E-state index contributed by atoms with van der Waals surface area (Å²) in [5.41, 5.74) is 0.00198. The summed E-state index contributed by atoms with van der Waals surface area (Å²) < 4.78 is 37.4. The third-order valence-corrected chi connectivity index (χ3v) is 7.02. The first-order valence-electron chi connectivity index (χ1n) is 9.36. The summed E-state index contributed by atoms with van der Waals surface area (Å²) in [6, 6.07) is 9.26. The fourth-order valence-electron chi connectivity index (χ4n) is 3.41. The lowest BCUT2D eigenvalue weighted by molar-refractivity contribution is -0.126. The highest BCUT2D eigenvalue weighted by atomic mass is 32.2. The van der Waals surface area contributed by atoms with Gasteiger partial charge >= 0.3 is 5.97 Å². The third-order valence-electron chi connectivity index (χ3n) is 5.06. The van der Waals surface area contributed by atoms with Crippen LogP contribution in [0.3, 0.4) is 0 Å². The Balaban J connectivity index is 1.66. The van der Waals surface area contributed by atoms with Gasteiger partial charge in [-0.25, -0.2) is 13.2 Å². The maximum atomic E-state index is 13.0. The van der Waals surface area contributed by atoms with E-state index >= 15 is 0 Å². The molecule has 156 valence electrons. The van der Waals surface area contributed by atoms with Gasteiger partial charge in [-0.2, -0.15) is 4.31 Å². The minimum Gasteiger partial charge on any atom is -0.467 e. The number of nitrogens with zero attached hydrogens (tertiary/aromatic N) is 1. The molecule has 0 saturated carbocycles. The Labute approximate surface area is 169 Å². The number of nitrogens with one attached hydrogen (secondary N) is 1. The van der Waals surface area contributed by atoms with Crippen LogP contribution in [0.1, 0.15) is 41.9 Å². The Bertz CT molecular complexity index is 963. The summed E-state index contributed by atoms with van der Waals surface area (Å²) in [5, 5.41) is 2.91. The maximum Gasteiger partial charge on any atom is 0.339 e. The number of amides is 1. The van der Waals surface area contributed by atoms with Crippen molar-refractivity contribution in [3.05, 3.63) is 54.0 Å². The molecule has 8 nitrogen and oxygen atoms in total. The minimum atomic E-state index is -3.87. The van der Waals surface area contributed by atoms with Crippen LogP contribution in [0.5, 0.6) is 0 Å². The van der Waals surface area contributed by atoms with E-state index in [2.05, 4.69) is 5.32 Å². The number of hydrogen-bond acceptors (Lipinski definition) is 6. The lowest BCUT2D eigenvalue weighted by Gasteiger charge is -2.31. The van der Waals surface area contributed by atoms with Crippen molar-refractivity contribution in [1.82, 2.24) is 9.62 Å². The van der Waals surface area contributed by atoms with Gasteiger partial charge in [-0.1, -0.05) is 12.1 Å². The topological polar surface area (TPSA) is 106 Å². The second-order valence-electron chi connectivity index (χ2n) is 6.91. The zero-order chi connectivity index (χ0) is 21.0. The number of benzene rings is 1. The first-order valence-corrected chi connectivity index (χ1v) is 10.8. The second kappa shape index (κ2) is 8.79. The molecule has 1 saturated heterocycles. The Kier molecular flexibility index (Phi) is 6.39. The first kappa shape index (κ1) is 21.1. The van der Waals surface area contributed by atoms with Crippen LogP contribution in [0.2, 0.25) is 0 Å². The molecule has 2 aromatic rings. The van der Waals surface area contributed by atoms with E-state index in [0.717, 1.165) is 0 Å². The second-order valence-corrected chi connectivity index (χ2v) is 8.82. The fourth-order valence-corrected chi connectivity index (χ4v) is 5.06. The SMILES string of the molecule is COC(=O)c1ccccc1S(=O)(=O)N1CCC(C(=O)N[C@H](C)c2ccco2)CC1. The molecule has 0 aliphatic carbocycles. The quantitative estimate of drug-likeness (QED) is 0.719. The van der Waals surface area contributed by atoms with Crippen LogP contribution in [0.25, 0.3) is 0 Å². The molecule has 0 radical (unpaired) electrons. The molecule has 1 amide bonds. The van der Waals surface area contributed by atoms with Crippen molar-refractivity contribution in [3.63, 3.8) is 0 Å². The summed E-state index contributed by atoms with van der Waals surface area (Å²) in [5.74, 6) is -0.446. The molecule has 1 fully saturated rings. The summed E-state index contributed by atoms with van der Waals surface area (Å²) in [6.07, 6.45) is 2.35. The van der Waals surface area contributed by atoms with Crippen molar-refractivity contribution in [2.24, 2.45) is 5.92 Å². The highest BCUT2D eigenvalue weighted by molar-refractivity contribution is 7.89. The van der Waals surface area contributed by atoms with Gasteiger partial charge in [0, 0.05) is 19.0 Å². The van der Waals surface area contributed by atoms with Crippen molar-refractivity contribution >= 4 is 21.9 Å². The average Bonchev–Trinajstić information content (AvgIpc) is 3.28. The molecule has 1 aromatic carbocycles. The minimum absolute atomic E-state index is 0.00198. The molecule has 0 unspecified atom stereocenters. The van der Waals surface area contributed by atoms with E-state index in [1.807, 2.05) is 6.92 Å². The Morgan fingerprint density at radius 2 is 1.86 bits per heavy atom. The lowest BCUT2D eigenvalue weighted by Crippen LogP contribution is -2.43. The number of hydrogen-bond donors (Lipinski definition) is 1. The molecule has 3 rings (SSSR count). The number of ether oxygens (including phenoxy) is 1. The maximum absolute atomic E-state index is 13.0. The van der Waals surface area contributed by atoms with Crippen LogP contribution in [0, 0.1) is 5.92 Å². The summed E-state index contributed by atoms with van der Waals surface area (Å²) >= 11 is 0. The van der Waals surface area contributed by atoms with Crippen LogP contribution in [-0.2, 0) is 19.6 Å². The molecule has 1 aliphatic heterocycles. The predicted octanol–water partition coefficient (Wildman–Crippen LogP) is 2.34. The highest BCUT2D eigenvalue weighted by Gasteiger charge is 2.34. The van der Waals surface area contributed by atoms with E-state index < -0.39 is 16.0 Å². The van der Waals surface area contributed by atoms with E-state index in [9.17, 15) is 18.0 Å². The molecule has 0 bridgehead atoms. The molecular weight excluding hydrogens is 396 g/mol. The zero-order valence-electron chi connectivity index (χ0n) is 16.3. The zero-order valence-corrected chi connectivity index (χ0v) is 17.1. The van der Waals surface area contributed by atoms with E-state index in [1.165, 1.54) is 23.5 Å². The molecule has 0 spiro atoms. The fraction of sp³-hybridized carbons (Fsp3) is 0.400. The lowest BCUT2D eigenvalue weighted by atomic mass is 9.97. The van der Waals surface area contributed by atoms with Crippen LogP contribution in [-0.4, -0.2) is 44.8 Å². The number of piperidine rings is 1. The van der Waals surface area contributed by atoms with Crippen LogP contribution in [0.4, 0.5) is 0 Å². The van der Waals surface area contributed by atoms with Gasteiger partial charge < -0.3 is 14.5 Å².